The molecule has 2 heterocycles. The van der Waals surface area contributed by atoms with Crippen LogP contribution in [0.3, 0.4) is 0 Å². The van der Waals surface area contributed by atoms with Crippen molar-refractivity contribution in [3.63, 3.8) is 0 Å². The molecule has 4 heteroatoms. The molecule has 0 radical (unpaired) electrons. The molecule has 0 amide bonds. The Morgan fingerprint density at radius 3 is 2.94 bits per heavy atom. The van der Waals surface area contributed by atoms with Crippen LogP contribution in [0.2, 0.25) is 0 Å². The fraction of sp³-hybridized carbons (Fsp3) is 0.417. The van der Waals surface area contributed by atoms with Crippen molar-refractivity contribution in [2.45, 2.75) is 18.9 Å². The highest BCUT2D eigenvalue weighted by molar-refractivity contribution is 5.75. The van der Waals surface area contributed by atoms with Crippen LogP contribution in [-0.2, 0) is 0 Å². The highest BCUT2D eigenvalue weighted by Crippen LogP contribution is 2.24. The molecule has 3 rings (SSSR count). The van der Waals surface area contributed by atoms with Crippen LogP contribution in [0.5, 0.6) is 0 Å². The standard InChI is InChI=1S/C12H14FN3/c13-9-1-2-11-12(7-9)16(8-15-11)10-3-5-14-6-4-10/h1-2,7-8,10,14H,3-6H2. The lowest BCUT2D eigenvalue weighted by Gasteiger charge is -2.24. The van der Waals surface area contributed by atoms with E-state index >= 15 is 0 Å². The molecular weight excluding hydrogens is 205 g/mol. The summed E-state index contributed by atoms with van der Waals surface area (Å²) in [5, 5.41) is 3.33. The van der Waals surface area contributed by atoms with Gasteiger partial charge in [-0.1, -0.05) is 0 Å². The minimum absolute atomic E-state index is 0.191. The number of rotatable bonds is 1. The third-order valence-corrected chi connectivity index (χ3v) is 3.24. The molecule has 0 atom stereocenters. The third kappa shape index (κ3) is 1.59. The fourth-order valence-corrected chi connectivity index (χ4v) is 2.37. The highest BCUT2D eigenvalue weighted by Gasteiger charge is 2.16. The second-order valence-electron chi connectivity index (χ2n) is 4.27. The second-order valence-corrected chi connectivity index (χ2v) is 4.27. The summed E-state index contributed by atoms with van der Waals surface area (Å²) in [6, 6.07) is 5.22. The van der Waals surface area contributed by atoms with Crippen molar-refractivity contribution in [3.05, 3.63) is 30.3 Å². The molecule has 1 aliphatic rings. The molecule has 16 heavy (non-hydrogen) atoms. The molecular formula is C12H14FN3. The van der Waals surface area contributed by atoms with Gasteiger partial charge in [-0.25, -0.2) is 9.37 Å². The van der Waals surface area contributed by atoms with E-state index in [9.17, 15) is 4.39 Å². The molecule has 1 aromatic carbocycles. The molecule has 1 fully saturated rings. The number of aromatic nitrogens is 2. The van der Waals surface area contributed by atoms with E-state index in [1.807, 2.05) is 6.33 Å². The Bertz CT molecular complexity index is 500. The first kappa shape index (κ1) is 9.78. The van der Waals surface area contributed by atoms with Crippen molar-refractivity contribution in [2.75, 3.05) is 13.1 Å². The van der Waals surface area contributed by atoms with Crippen molar-refractivity contribution in [3.8, 4) is 0 Å². The molecule has 1 aromatic heterocycles. The molecule has 0 saturated carbocycles. The zero-order chi connectivity index (χ0) is 11.0. The van der Waals surface area contributed by atoms with Gasteiger partial charge in [-0.2, -0.15) is 0 Å². The molecule has 1 aliphatic heterocycles. The van der Waals surface area contributed by atoms with E-state index in [0.29, 0.717) is 6.04 Å². The molecule has 1 saturated heterocycles. The molecule has 3 nitrogen and oxygen atoms in total. The number of piperidine rings is 1. The van der Waals surface area contributed by atoms with Gasteiger partial charge in [0, 0.05) is 6.04 Å². The molecule has 0 bridgehead atoms. The summed E-state index contributed by atoms with van der Waals surface area (Å²) in [5.74, 6) is -0.191. The van der Waals surface area contributed by atoms with Gasteiger partial charge in [0.05, 0.1) is 17.4 Å². The van der Waals surface area contributed by atoms with Crippen LogP contribution in [0.4, 0.5) is 4.39 Å². The van der Waals surface area contributed by atoms with Crippen LogP contribution in [0.15, 0.2) is 24.5 Å². The number of nitrogens with one attached hydrogen (secondary N) is 1. The summed E-state index contributed by atoms with van der Waals surface area (Å²) in [5.41, 5.74) is 1.78. The highest BCUT2D eigenvalue weighted by atomic mass is 19.1. The zero-order valence-corrected chi connectivity index (χ0v) is 8.99. The average molecular weight is 219 g/mol. The monoisotopic (exact) mass is 219 g/mol. The Morgan fingerprint density at radius 1 is 1.31 bits per heavy atom. The predicted molar refractivity (Wildman–Crippen MR) is 60.8 cm³/mol. The van der Waals surface area contributed by atoms with Crippen molar-refractivity contribution in [1.82, 2.24) is 14.9 Å². The van der Waals surface area contributed by atoms with E-state index in [0.717, 1.165) is 37.0 Å². The van der Waals surface area contributed by atoms with Gasteiger partial charge in [0.25, 0.3) is 0 Å². The lowest BCUT2D eigenvalue weighted by molar-refractivity contribution is 0.374. The molecule has 2 aromatic rings. The molecule has 0 unspecified atom stereocenters. The van der Waals surface area contributed by atoms with Crippen LogP contribution in [-0.4, -0.2) is 22.6 Å². The van der Waals surface area contributed by atoms with Crippen molar-refractivity contribution in [2.24, 2.45) is 0 Å². The van der Waals surface area contributed by atoms with Crippen molar-refractivity contribution >= 4 is 11.0 Å². The van der Waals surface area contributed by atoms with Gasteiger partial charge in [-0.05, 0) is 44.1 Å². The van der Waals surface area contributed by atoms with E-state index < -0.39 is 0 Å². The quantitative estimate of drug-likeness (QED) is 0.796. The number of fused-ring (bicyclic) bond motifs is 1. The minimum atomic E-state index is -0.191. The molecule has 0 spiro atoms. The number of halogens is 1. The Morgan fingerprint density at radius 2 is 2.12 bits per heavy atom. The predicted octanol–water partition coefficient (Wildman–Crippen LogP) is 2.10. The number of hydrogen-bond donors (Lipinski definition) is 1. The van der Waals surface area contributed by atoms with Crippen LogP contribution >= 0.6 is 0 Å². The lowest BCUT2D eigenvalue weighted by Crippen LogP contribution is -2.29. The van der Waals surface area contributed by atoms with Gasteiger partial charge in [-0.15, -0.1) is 0 Å². The Balaban J connectivity index is 2.05. The molecule has 84 valence electrons. The maximum atomic E-state index is 13.2. The maximum Gasteiger partial charge on any atom is 0.125 e. The largest absolute Gasteiger partial charge is 0.327 e. The zero-order valence-electron chi connectivity index (χ0n) is 8.99. The SMILES string of the molecule is Fc1ccc2ncn(C3CCNCC3)c2c1. The number of nitrogens with zero attached hydrogens (tertiary/aromatic N) is 2. The van der Waals surface area contributed by atoms with Crippen molar-refractivity contribution in [1.29, 1.82) is 0 Å². The Hall–Kier alpha value is -1.42. The van der Waals surface area contributed by atoms with Gasteiger partial charge >= 0.3 is 0 Å². The van der Waals surface area contributed by atoms with Crippen molar-refractivity contribution < 1.29 is 4.39 Å². The number of imidazole rings is 1. The topological polar surface area (TPSA) is 29.9 Å². The smallest absolute Gasteiger partial charge is 0.125 e. The number of benzene rings is 1. The Kier molecular flexibility index (Phi) is 2.36. The van der Waals surface area contributed by atoms with Gasteiger partial charge in [0.15, 0.2) is 0 Å². The van der Waals surface area contributed by atoms with Gasteiger partial charge in [0.2, 0.25) is 0 Å². The van der Waals surface area contributed by atoms with E-state index in [4.69, 9.17) is 0 Å². The summed E-state index contributed by atoms with van der Waals surface area (Å²) >= 11 is 0. The van der Waals surface area contributed by atoms with E-state index in [2.05, 4.69) is 14.9 Å². The van der Waals surface area contributed by atoms with Crippen LogP contribution < -0.4 is 5.32 Å². The summed E-state index contributed by atoms with van der Waals surface area (Å²) < 4.78 is 15.3. The van der Waals surface area contributed by atoms with Crippen LogP contribution in [0.1, 0.15) is 18.9 Å². The van der Waals surface area contributed by atoms with Gasteiger partial charge < -0.3 is 9.88 Å². The maximum absolute atomic E-state index is 13.2. The van der Waals surface area contributed by atoms with E-state index in [-0.39, 0.29) is 5.82 Å². The number of hydrogen-bond acceptors (Lipinski definition) is 2. The molecule has 1 N–H and O–H groups in total. The molecule has 0 aliphatic carbocycles. The second kappa shape index (κ2) is 3.87. The first-order valence-electron chi connectivity index (χ1n) is 5.67. The Labute approximate surface area is 93.3 Å². The summed E-state index contributed by atoms with van der Waals surface area (Å²) in [7, 11) is 0. The van der Waals surface area contributed by atoms with Crippen LogP contribution in [0, 0.1) is 5.82 Å². The van der Waals surface area contributed by atoms with E-state index in [1.165, 1.54) is 6.07 Å². The normalized spacial score (nSPS) is 18.1. The van der Waals surface area contributed by atoms with Crippen LogP contribution in [0.25, 0.3) is 11.0 Å². The summed E-state index contributed by atoms with van der Waals surface area (Å²) in [4.78, 5) is 4.31. The minimum Gasteiger partial charge on any atom is -0.327 e. The summed E-state index contributed by atoms with van der Waals surface area (Å²) in [6.45, 7) is 2.05. The first-order chi connectivity index (χ1) is 7.84. The average Bonchev–Trinajstić information content (AvgIpc) is 2.73. The van der Waals surface area contributed by atoms with E-state index in [1.54, 1.807) is 12.1 Å². The first-order valence-corrected chi connectivity index (χ1v) is 5.67. The third-order valence-electron chi connectivity index (χ3n) is 3.24. The van der Waals surface area contributed by atoms with Gasteiger partial charge in [-0.3, -0.25) is 0 Å². The summed E-state index contributed by atoms with van der Waals surface area (Å²) in [6.07, 6.45) is 4.00. The fourth-order valence-electron chi connectivity index (χ4n) is 2.37. The lowest BCUT2D eigenvalue weighted by atomic mass is 10.1. The van der Waals surface area contributed by atoms with Gasteiger partial charge in [0.1, 0.15) is 5.82 Å².